The van der Waals surface area contributed by atoms with Crippen molar-refractivity contribution in [2.24, 2.45) is 0 Å². The van der Waals surface area contributed by atoms with Gasteiger partial charge in [-0.05, 0) is 0 Å². The number of hydrogen-bond acceptors (Lipinski definition) is 5. The summed E-state index contributed by atoms with van der Waals surface area (Å²) in [5, 5.41) is 12.5. The molecule has 2 heterocycles. The van der Waals surface area contributed by atoms with E-state index in [2.05, 4.69) is 15.1 Å². The molecule has 0 saturated carbocycles. The fourth-order valence-electron chi connectivity index (χ4n) is 1.28. The number of hydrogen-bond donors (Lipinski definition) is 1. The molecule has 7 nitrogen and oxygen atoms in total. The fourth-order valence-corrected chi connectivity index (χ4v) is 1.28. The minimum Gasteiger partial charge on any atom is -0.476 e. The number of imidazole rings is 1. The highest BCUT2D eigenvalue weighted by Crippen LogP contribution is 2.10. The highest BCUT2D eigenvalue weighted by Gasteiger charge is 2.11. The fraction of sp³-hybridized carbons (Fsp3) is 0.400. The van der Waals surface area contributed by atoms with Crippen LogP contribution in [0.15, 0.2) is 17.0 Å². The average Bonchev–Trinajstić information content (AvgIpc) is 2.87. The maximum absolute atomic E-state index is 10.6. The Hall–Kier alpha value is -2.18. The number of carbonyl (C=O) groups is 1. The third-order valence-corrected chi connectivity index (χ3v) is 2.17. The summed E-state index contributed by atoms with van der Waals surface area (Å²) in [6, 6.07) is 0. The topological polar surface area (TPSA) is 94.0 Å². The monoisotopic (exact) mass is 236 g/mol. The molecule has 0 radical (unpaired) electrons. The van der Waals surface area contributed by atoms with Gasteiger partial charge in [0.1, 0.15) is 6.54 Å². The lowest BCUT2D eigenvalue weighted by atomic mass is 10.2. The summed E-state index contributed by atoms with van der Waals surface area (Å²) in [4.78, 5) is 18.5. The molecule has 1 N–H and O–H groups in total. The van der Waals surface area contributed by atoms with Gasteiger partial charge in [-0.25, -0.2) is 9.78 Å². The standard InChI is InChI=1S/C10H12N4O3/c1-6(2)9-12-8(17-13-9)4-14-3-7(10(15)16)11-5-14/h3,5-6H,4H2,1-2H3,(H,15,16). The predicted octanol–water partition coefficient (Wildman–Crippen LogP) is 1.14. The van der Waals surface area contributed by atoms with Crippen molar-refractivity contribution in [3.05, 3.63) is 29.9 Å². The largest absolute Gasteiger partial charge is 0.476 e. The van der Waals surface area contributed by atoms with Crippen LogP contribution in [0.25, 0.3) is 0 Å². The highest BCUT2D eigenvalue weighted by molar-refractivity contribution is 5.84. The van der Waals surface area contributed by atoms with Crippen molar-refractivity contribution in [1.29, 1.82) is 0 Å². The van der Waals surface area contributed by atoms with E-state index >= 15 is 0 Å². The van der Waals surface area contributed by atoms with Crippen LogP contribution < -0.4 is 0 Å². The van der Waals surface area contributed by atoms with Crippen LogP contribution in [0.1, 0.15) is 42.0 Å². The molecule has 0 amide bonds. The second kappa shape index (κ2) is 4.36. The SMILES string of the molecule is CC(C)c1noc(Cn2cnc(C(=O)O)c2)n1. The number of aromatic carboxylic acids is 1. The Labute approximate surface area is 97.1 Å². The Morgan fingerprint density at radius 1 is 1.59 bits per heavy atom. The summed E-state index contributed by atoms with van der Waals surface area (Å²) >= 11 is 0. The lowest BCUT2D eigenvalue weighted by Crippen LogP contribution is -1.99. The van der Waals surface area contributed by atoms with E-state index < -0.39 is 5.97 Å². The first-order valence-electron chi connectivity index (χ1n) is 5.14. The third kappa shape index (κ3) is 2.49. The van der Waals surface area contributed by atoms with Crippen LogP contribution >= 0.6 is 0 Å². The van der Waals surface area contributed by atoms with Gasteiger partial charge in [0.25, 0.3) is 0 Å². The van der Waals surface area contributed by atoms with E-state index in [0.717, 1.165) is 0 Å². The Morgan fingerprint density at radius 2 is 2.35 bits per heavy atom. The van der Waals surface area contributed by atoms with Gasteiger partial charge in [-0.1, -0.05) is 19.0 Å². The lowest BCUT2D eigenvalue weighted by Gasteiger charge is -1.95. The van der Waals surface area contributed by atoms with Crippen LogP contribution in [0.5, 0.6) is 0 Å². The Kier molecular flexibility index (Phi) is 2.90. The molecule has 0 saturated heterocycles. The molecule has 0 bridgehead atoms. The summed E-state index contributed by atoms with van der Waals surface area (Å²) < 4.78 is 6.63. The van der Waals surface area contributed by atoms with Crippen LogP contribution in [0, 0.1) is 0 Å². The molecule has 2 rings (SSSR count). The summed E-state index contributed by atoms with van der Waals surface area (Å²) in [5.41, 5.74) is -0.00593. The molecule has 0 aliphatic rings. The molecular formula is C10H12N4O3. The molecule has 0 fully saturated rings. The molecule has 0 aliphatic carbocycles. The zero-order valence-electron chi connectivity index (χ0n) is 9.49. The number of nitrogens with zero attached hydrogens (tertiary/aromatic N) is 4. The maximum atomic E-state index is 10.6. The van der Waals surface area contributed by atoms with Gasteiger partial charge in [0.2, 0.25) is 5.89 Å². The molecule has 2 aromatic rings. The van der Waals surface area contributed by atoms with E-state index in [9.17, 15) is 4.79 Å². The number of carboxylic acids is 1. The quantitative estimate of drug-likeness (QED) is 0.855. The third-order valence-electron chi connectivity index (χ3n) is 2.17. The van der Waals surface area contributed by atoms with Crippen molar-refractivity contribution in [2.75, 3.05) is 0 Å². The molecule has 0 aromatic carbocycles. The van der Waals surface area contributed by atoms with Gasteiger partial charge >= 0.3 is 5.97 Å². The van der Waals surface area contributed by atoms with Gasteiger partial charge in [0.05, 0.1) is 6.33 Å². The Bertz CT molecular complexity index is 529. The van der Waals surface area contributed by atoms with Crippen molar-refractivity contribution in [3.63, 3.8) is 0 Å². The summed E-state index contributed by atoms with van der Waals surface area (Å²) in [7, 11) is 0. The van der Waals surface area contributed by atoms with E-state index in [1.807, 2.05) is 13.8 Å². The van der Waals surface area contributed by atoms with Crippen LogP contribution in [0.4, 0.5) is 0 Å². The molecule has 0 atom stereocenters. The molecule has 2 aromatic heterocycles. The van der Waals surface area contributed by atoms with E-state index in [1.54, 1.807) is 4.57 Å². The van der Waals surface area contributed by atoms with Crippen LogP contribution in [0.2, 0.25) is 0 Å². The smallest absolute Gasteiger partial charge is 0.356 e. The van der Waals surface area contributed by atoms with Crippen molar-refractivity contribution in [2.45, 2.75) is 26.3 Å². The van der Waals surface area contributed by atoms with Gasteiger partial charge in [0, 0.05) is 12.1 Å². The lowest BCUT2D eigenvalue weighted by molar-refractivity contribution is 0.0691. The summed E-state index contributed by atoms with van der Waals surface area (Å²) in [6.07, 6.45) is 2.84. The first kappa shape index (κ1) is 11.3. The van der Waals surface area contributed by atoms with Gasteiger partial charge in [-0.3, -0.25) is 0 Å². The van der Waals surface area contributed by atoms with Gasteiger partial charge in [0.15, 0.2) is 11.5 Å². The Morgan fingerprint density at radius 3 is 2.88 bits per heavy atom. The van der Waals surface area contributed by atoms with Crippen molar-refractivity contribution in [3.8, 4) is 0 Å². The second-order valence-corrected chi connectivity index (χ2v) is 3.94. The molecule has 17 heavy (non-hydrogen) atoms. The van der Waals surface area contributed by atoms with E-state index in [1.165, 1.54) is 12.5 Å². The minimum atomic E-state index is -1.06. The average molecular weight is 236 g/mol. The van der Waals surface area contributed by atoms with Crippen LogP contribution in [-0.2, 0) is 6.54 Å². The molecule has 0 aliphatic heterocycles. The van der Waals surface area contributed by atoms with Crippen molar-refractivity contribution >= 4 is 5.97 Å². The molecule has 0 unspecified atom stereocenters. The highest BCUT2D eigenvalue weighted by atomic mass is 16.5. The number of carboxylic acid groups (broad SMARTS) is 1. The summed E-state index contributed by atoms with van der Waals surface area (Å²) in [6.45, 7) is 4.25. The van der Waals surface area contributed by atoms with Crippen molar-refractivity contribution < 1.29 is 14.4 Å². The predicted molar refractivity (Wildman–Crippen MR) is 56.7 cm³/mol. The van der Waals surface area contributed by atoms with E-state index in [4.69, 9.17) is 9.63 Å². The normalized spacial score (nSPS) is 11.0. The zero-order chi connectivity index (χ0) is 12.4. The van der Waals surface area contributed by atoms with Gasteiger partial charge < -0.3 is 14.2 Å². The maximum Gasteiger partial charge on any atom is 0.356 e. The first-order chi connectivity index (χ1) is 8.06. The molecule has 0 spiro atoms. The van der Waals surface area contributed by atoms with Gasteiger partial charge in [-0.2, -0.15) is 4.98 Å². The summed E-state index contributed by atoms with van der Waals surface area (Å²) in [5.74, 6) is 0.212. The van der Waals surface area contributed by atoms with Crippen molar-refractivity contribution in [1.82, 2.24) is 19.7 Å². The second-order valence-electron chi connectivity index (χ2n) is 3.94. The minimum absolute atomic E-state index is 0.00593. The molecular weight excluding hydrogens is 224 g/mol. The number of aromatic nitrogens is 4. The molecule has 90 valence electrons. The van der Waals surface area contributed by atoms with Gasteiger partial charge in [-0.15, -0.1) is 0 Å². The van der Waals surface area contributed by atoms with E-state index in [-0.39, 0.29) is 11.6 Å². The first-order valence-corrected chi connectivity index (χ1v) is 5.14. The number of rotatable bonds is 4. The van der Waals surface area contributed by atoms with Crippen LogP contribution in [0.3, 0.4) is 0 Å². The Balaban J connectivity index is 2.11. The zero-order valence-corrected chi connectivity index (χ0v) is 9.49. The van der Waals surface area contributed by atoms with Crippen LogP contribution in [-0.4, -0.2) is 30.8 Å². The molecule has 7 heteroatoms. The van der Waals surface area contributed by atoms with E-state index in [0.29, 0.717) is 18.3 Å².